The molecule has 0 aliphatic heterocycles. The average molecular weight is 218 g/mol. The van der Waals surface area contributed by atoms with E-state index >= 15 is 0 Å². The minimum atomic E-state index is -0.0239. The topological polar surface area (TPSA) is 18.5 Å². The maximum atomic E-state index is 5.83. The summed E-state index contributed by atoms with van der Waals surface area (Å²) < 4.78 is 11.1. The molecule has 0 saturated carbocycles. The summed E-state index contributed by atoms with van der Waals surface area (Å²) in [7, 11) is 0.751. The molecular formula is C11H26O2Si. The molecule has 1 atom stereocenters. The van der Waals surface area contributed by atoms with E-state index < -0.39 is 0 Å². The van der Waals surface area contributed by atoms with Gasteiger partial charge in [-0.25, -0.2) is 0 Å². The van der Waals surface area contributed by atoms with Gasteiger partial charge in [0.25, 0.3) is 0 Å². The molecule has 0 fully saturated rings. The van der Waals surface area contributed by atoms with Crippen LogP contribution in [0.4, 0.5) is 0 Å². The van der Waals surface area contributed by atoms with Crippen LogP contribution < -0.4 is 0 Å². The average Bonchev–Trinajstić information content (AvgIpc) is 2.01. The predicted octanol–water partition coefficient (Wildman–Crippen LogP) is 2.11. The molecule has 0 aliphatic rings. The fourth-order valence-corrected chi connectivity index (χ4v) is 1.70. The van der Waals surface area contributed by atoms with E-state index in [0.29, 0.717) is 17.9 Å². The zero-order valence-corrected chi connectivity index (χ0v) is 12.5. The Labute approximate surface area is 91.9 Å². The number of hydrogen-bond donors (Lipinski definition) is 0. The maximum Gasteiger partial charge on any atom is 0.149 e. The first-order valence-corrected chi connectivity index (χ1v) is 6.45. The lowest BCUT2D eigenvalue weighted by molar-refractivity contribution is -0.115. The Morgan fingerprint density at radius 2 is 1.36 bits per heavy atom. The van der Waals surface area contributed by atoms with Crippen LogP contribution in [0.25, 0.3) is 0 Å². The first-order valence-electron chi connectivity index (χ1n) is 5.64. The van der Waals surface area contributed by atoms with Crippen molar-refractivity contribution < 1.29 is 9.16 Å². The van der Waals surface area contributed by atoms with Gasteiger partial charge in [-0.15, -0.1) is 0 Å². The molecule has 0 radical (unpaired) electrons. The van der Waals surface area contributed by atoms with E-state index in [1.807, 2.05) is 6.92 Å². The van der Waals surface area contributed by atoms with Gasteiger partial charge in [-0.3, -0.25) is 0 Å². The van der Waals surface area contributed by atoms with Crippen LogP contribution in [-0.4, -0.2) is 22.9 Å². The van der Waals surface area contributed by atoms with Crippen LogP contribution in [0.15, 0.2) is 0 Å². The van der Waals surface area contributed by atoms with Crippen LogP contribution in [0.1, 0.15) is 47.5 Å². The van der Waals surface area contributed by atoms with Crippen molar-refractivity contribution in [1.82, 2.24) is 0 Å². The summed E-state index contributed by atoms with van der Waals surface area (Å²) in [6, 6.07) is 0. The Morgan fingerprint density at radius 1 is 0.929 bits per heavy atom. The van der Waals surface area contributed by atoms with E-state index in [-0.39, 0.29) is 6.29 Å². The molecule has 0 aromatic heterocycles. The summed E-state index contributed by atoms with van der Waals surface area (Å²) in [6.07, 6.45) is 2.60. The van der Waals surface area contributed by atoms with Crippen molar-refractivity contribution in [2.24, 2.45) is 11.8 Å². The molecular weight excluding hydrogens is 192 g/mol. The third-order valence-corrected chi connectivity index (χ3v) is 2.85. The molecule has 0 aromatic rings. The molecule has 0 amide bonds. The molecule has 2 nitrogen and oxygen atoms in total. The van der Waals surface area contributed by atoms with Gasteiger partial charge < -0.3 is 9.16 Å². The lowest BCUT2D eigenvalue weighted by atomic mass is 9.98. The summed E-state index contributed by atoms with van der Waals surface area (Å²) in [5, 5.41) is 0. The van der Waals surface area contributed by atoms with Crippen molar-refractivity contribution in [3.63, 3.8) is 0 Å². The molecule has 0 aromatic carbocycles. The fourth-order valence-electron chi connectivity index (χ4n) is 1.59. The Balaban J connectivity index is 3.96. The summed E-state index contributed by atoms with van der Waals surface area (Å²) >= 11 is 0. The molecule has 0 spiro atoms. The van der Waals surface area contributed by atoms with Gasteiger partial charge in [-0.1, -0.05) is 27.7 Å². The molecule has 3 heteroatoms. The molecule has 0 saturated heterocycles. The first kappa shape index (κ1) is 14.1. The smallest absolute Gasteiger partial charge is 0.149 e. The number of hydrogen-bond acceptors (Lipinski definition) is 2. The van der Waals surface area contributed by atoms with Crippen LogP contribution in [0, 0.1) is 11.8 Å². The molecule has 86 valence electrons. The van der Waals surface area contributed by atoms with E-state index in [0.717, 1.165) is 23.3 Å². The molecule has 1 unspecified atom stereocenters. The number of ether oxygens (including phenoxy) is 1. The normalized spacial score (nSPS) is 14.6. The van der Waals surface area contributed by atoms with Gasteiger partial charge in [0.2, 0.25) is 0 Å². The van der Waals surface area contributed by atoms with Gasteiger partial charge in [0.1, 0.15) is 16.8 Å². The lowest BCUT2D eigenvalue weighted by Crippen LogP contribution is -2.24. The number of rotatable bonds is 7. The van der Waals surface area contributed by atoms with Crippen molar-refractivity contribution in [1.29, 1.82) is 0 Å². The van der Waals surface area contributed by atoms with Gasteiger partial charge in [0, 0.05) is 0 Å². The van der Waals surface area contributed by atoms with E-state index in [9.17, 15) is 0 Å². The van der Waals surface area contributed by atoms with Crippen molar-refractivity contribution in [3.05, 3.63) is 0 Å². The molecule has 0 N–H and O–H groups in total. The zero-order chi connectivity index (χ0) is 11.1. The third kappa shape index (κ3) is 7.53. The quantitative estimate of drug-likeness (QED) is 0.481. The zero-order valence-electron chi connectivity index (χ0n) is 10.5. The fraction of sp³-hybridized carbons (Fsp3) is 1.00. The Morgan fingerprint density at radius 3 is 1.64 bits per heavy atom. The highest BCUT2D eigenvalue weighted by molar-refractivity contribution is 5.98. The minimum absolute atomic E-state index is 0.0239. The van der Waals surface area contributed by atoms with Gasteiger partial charge >= 0.3 is 0 Å². The lowest BCUT2D eigenvalue weighted by Gasteiger charge is -2.24. The predicted molar refractivity (Wildman–Crippen MR) is 64.3 cm³/mol. The van der Waals surface area contributed by atoms with E-state index in [1.165, 1.54) is 0 Å². The van der Waals surface area contributed by atoms with Gasteiger partial charge in [-0.05, 0) is 31.6 Å². The van der Waals surface area contributed by atoms with Crippen LogP contribution >= 0.6 is 0 Å². The summed E-state index contributed by atoms with van der Waals surface area (Å²) in [5.41, 5.74) is 0. The van der Waals surface area contributed by atoms with Crippen LogP contribution in [-0.2, 0) is 9.16 Å². The molecule has 0 heterocycles. The van der Waals surface area contributed by atoms with Crippen LogP contribution in [0.3, 0.4) is 0 Å². The van der Waals surface area contributed by atoms with Gasteiger partial charge in [0.05, 0.1) is 6.10 Å². The monoisotopic (exact) mass is 218 g/mol. The van der Waals surface area contributed by atoms with E-state index in [4.69, 9.17) is 9.16 Å². The van der Waals surface area contributed by atoms with Crippen LogP contribution in [0.2, 0.25) is 0 Å². The van der Waals surface area contributed by atoms with Crippen molar-refractivity contribution in [2.75, 3.05) is 0 Å². The minimum Gasteiger partial charge on any atom is -0.404 e. The Kier molecular flexibility index (Phi) is 7.50. The summed E-state index contributed by atoms with van der Waals surface area (Å²) in [4.78, 5) is 0. The Hall–Kier alpha value is 0.137. The Bertz CT molecular complexity index is 127. The summed E-state index contributed by atoms with van der Waals surface area (Å²) in [6.45, 7) is 10.9. The maximum absolute atomic E-state index is 5.83. The van der Waals surface area contributed by atoms with E-state index in [1.54, 1.807) is 0 Å². The largest absolute Gasteiger partial charge is 0.404 e. The highest BCUT2D eigenvalue weighted by atomic mass is 28.2. The second-order valence-corrected chi connectivity index (χ2v) is 5.29. The van der Waals surface area contributed by atoms with Gasteiger partial charge in [0.15, 0.2) is 0 Å². The third-order valence-electron chi connectivity index (χ3n) is 2.18. The van der Waals surface area contributed by atoms with Crippen molar-refractivity contribution in [2.45, 2.75) is 59.9 Å². The summed E-state index contributed by atoms with van der Waals surface area (Å²) in [5.74, 6) is 1.39. The van der Waals surface area contributed by atoms with Gasteiger partial charge in [-0.2, -0.15) is 0 Å². The highest BCUT2D eigenvalue weighted by Gasteiger charge is 2.15. The standard InChI is InChI=1S/C11H26O2Si/c1-8(2)6-11(7-9(3)4)12-10(5)13-14/h8-11H,6-7H2,1-5,14H3. The molecule has 0 rings (SSSR count). The van der Waals surface area contributed by atoms with Crippen molar-refractivity contribution in [3.8, 4) is 0 Å². The second kappa shape index (κ2) is 7.43. The molecule has 0 aliphatic carbocycles. The van der Waals surface area contributed by atoms with E-state index in [2.05, 4.69) is 27.7 Å². The van der Waals surface area contributed by atoms with Crippen molar-refractivity contribution >= 4 is 10.5 Å². The molecule has 14 heavy (non-hydrogen) atoms. The second-order valence-electron chi connectivity index (χ2n) is 4.82. The van der Waals surface area contributed by atoms with Crippen LogP contribution in [0.5, 0.6) is 0 Å². The SMILES string of the molecule is CC(C)CC(CC(C)C)OC(C)O[SiH3]. The first-order chi connectivity index (χ1) is 6.45. The highest BCUT2D eigenvalue weighted by Crippen LogP contribution is 2.18. The molecule has 0 bridgehead atoms.